The Morgan fingerprint density at radius 1 is 1.15 bits per heavy atom. The van der Waals surface area contributed by atoms with Gasteiger partial charge < -0.3 is 10.1 Å². The van der Waals surface area contributed by atoms with Gasteiger partial charge in [0.2, 0.25) is 15.9 Å². The maximum atomic E-state index is 13.1. The number of aryl methyl sites for hydroxylation is 1. The van der Waals surface area contributed by atoms with Crippen LogP contribution >= 0.6 is 0 Å². The summed E-state index contributed by atoms with van der Waals surface area (Å²) in [6, 6.07) is 14.8. The molecule has 0 spiro atoms. The second-order valence-corrected chi connectivity index (χ2v) is 10.3. The van der Waals surface area contributed by atoms with Crippen molar-refractivity contribution in [1.82, 2.24) is 19.0 Å². The van der Waals surface area contributed by atoms with Crippen molar-refractivity contribution < 1.29 is 17.9 Å². The lowest BCUT2D eigenvalue weighted by molar-refractivity contribution is -0.117. The smallest absolute Gasteiger partial charge is 0.243 e. The zero-order chi connectivity index (χ0) is 24.1. The minimum Gasteiger partial charge on any atom is -0.379 e. The lowest BCUT2D eigenvalue weighted by atomic mass is 10.2. The molecule has 0 saturated carbocycles. The van der Waals surface area contributed by atoms with E-state index >= 15 is 0 Å². The van der Waals surface area contributed by atoms with E-state index in [2.05, 4.69) is 10.4 Å². The van der Waals surface area contributed by atoms with Crippen LogP contribution in [0.4, 0.5) is 5.69 Å². The predicted octanol–water partition coefficient (Wildman–Crippen LogP) is 2.27. The summed E-state index contributed by atoms with van der Waals surface area (Å²) >= 11 is 0. The summed E-state index contributed by atoms with van der Waals surface area (Å²) in [4.78, 5) is 14.7. The van der Waals surface area contributed by atoms with E-state index in [9.17, 15) is 13.2 Å². The number of hydrogen-bond acceptors (Lipinski definition) is 6. The molecule has 10 heteroatoms. The van der Waals surface area contributed by atoms with Crippen molar-refractivity contribution in [2.24, 2.45) is 0 Å². The Balaban J connectivity index is 1.37. The number of benzene rings is 2. The number of hydrogen-bond donors (Lipinski definition) is 1. The van der Waals surface area contributed by atoms with E-state index in [1.165, 1.54) is 10.4 Å². The van der Waals surface area contributed by atoms with Crippen molar-refractivity contribution in [3.05, 3.63) is 72.1 Å². The van der Waals surface area contributed by atoms with Crippen LogP contribution < -0.4 is 5.32 Å². The van der Waals surface area contributed by atoms with Crippen LogP contribution in [0.25, 0.3) is 5.69 Å². The molecule has 180 valence electrons. The summed E-state index contributed by atoms with van der Waals surface area (Å²) in [6.07, 6.45) is 3.72. The van der Waals surface area contributed by atoms with Crippen molar-refractivity contribution in [2.75, 3.05) is 45.2 Å². The van der Waals surface area contributed by atoms with Crippen molar-refractivity contribution in [3.8, 4) is 5.69 Å². The Hall–Kier alpha value is -3.05. The number of ether oxygens (including phenoxy) is 1. The molecule has 3 aromatic rings. The van der Waals surface area contributed by atoms with Crippen LogP contribution in [0.3, 0.4) is 0 Å². The van der Waals surface area contributed by atoms with Crippen LogP contribution in [0.15, 0.2) is 65.8 Å². The fourth-order valence-corrected chi connectivity index (χ4v) is 5.52. The number of likely N-dealkylation sites (N-methyl/N-ethyl adjacent to an activating group) is 1. The number of morpholine rings is 1. The molecule has 1 amide bonds. The molecule has 0 aliphatic carbocycles. The molecule has 0 atom stereocenters. The van der Waals surface area contributed by atoms with Gasteiger partial charge in [0.1, 0.15) is 0 Å². The molecule has 1 aliphatic heterocycles. The Morgan fingerprint density at radius 2 is 1.88 bits per heavy atom. The van der Waals surface area contributed by atoms with E-state index in [4.69, 9.17) is 4.74 Å². The Kier molecular flexibility index (Phi) is 7.42. The second kappa shape index (κ2) is 10.5. The SMILES string of the molecule is Cc1ccc(NC(=O)CN(C)Cc2cnn(-c3ccccc3)c2)cc1S(=O)(=O)N1CCOCC1. The third-order valence-electron chi connectivity index (χ3n) is 5.58. The average Bonchev–Trinajstić information content (AvgIpc) is 3.29. The first-order valence-electron chi connectivity index (χ1n) is 11.1. The summed E-state index contributed by atoms with van der Waals surface area (Å²) in [5.41, 5.74) is 3.04. The van der Waals surface area contributed by atoms with E-state index in [0.29, 0.717) is 44.1 Å². The first-order chi connectivity index (χ1) is 16.3. The van der Waals surface area contributed by atoms with Gasteiger partial charge >= 0.3 is 0 Å². The molecule has 1 aromatic heterocycles. The number of carbonyl (C=O) groups excluding carboxylic acids is 1. The normalized spacial score (nSPS) is 14.9. The van der Waals surface area contributed by atoms with Crippen LogP contribution in [0, 0.1) is 6.92 Å². The lowest BCUT2D eigenvalue weighted by Crippen LogP contribution is -2.40. The van der Waals surface area contributed by atoms with Gasteiger partial charge in [0.05, 0.1) is 36.5 Å². The van der Waals surface area contributed by atoms with Gasteiger partial charge in [-0.2, -0.15) is 9.40 Å². The van der Waals surface area contributed by atoms with Crippen molar-refractivity contribution >= 4 is 21.6 Å². The van der Waals surface area contributed by atoms with Gasteiger partial charge in [-0.1, -0.05) is 24.3 Å². The van der Waals surface area contributed by atoms with E-state index in [0.717, 1.165) is 11.3 Å². The number of nitrogens with one attached hydrogen (secondary N) is 1. The molecule has 1 aliphatic rings. The molecule has 0 unspecified atom stereocenters. The van der Waals surface area contributed by atoms with Crippen LogP contribution in [0.2, 0.25) is 0 Å². The number of carbonyl (C=O) groups is 1. The molecule has 2 aromatic carbocycles. The molecule has 1 N–H and O–H groups in total. The molecule has 4 rings (SSSR count). The summed E-state index contributed by atoms with van der Waals surface area (Å²) in [7, 11) is -1.80. The van der Waals surface area contributed by atoms with Crippen LogP contribution in [-0.2, 0) is 26.1 Å². The number of nitrogens with zero attached hydrogens (tertiary/aromatic N) is 4. The summed E-state index contributed by atoms with van der Waals surface area (Å²) in [6.45, 7) is 3.85. The van der Waals surface area contributed by atoms with Gasteiger partial charge in [-0.05, 0) is 43.8 Å². The number of para-hydroxylation sites is 1. The first-order valence-corrected chi connectivity index (χ1v) is 12.5. The van der Waals surface area contributed by atoms with Gasteiger partial charge in [0.25, 0.3) is 0 Å². The van der Waals surface area contributed by atoms with Crippen molar-refractivity contribution in [2.45, 2.75) is 18.4 Å². The second-order valence-electron chi connectivity index (χ2n) is 8.35. The molecule has 34 heavy (non-hydrogen) atoms. The largest absolute Gasteiger partial charge is 0.379 e. The predicted molar refractivity (Wildman–Crippen MR) is 129 cm³/mol. The topological polar surface area (TPSA) is 96.8 Å². The molecular weight excluding hydrogens is 454 g/mol. The third-order valence-corrected chi connectivity index (χ3v) is 7.62. The molecule has 9 nitrogen and oxygen atoms in total. The summed E-state index contributed by atoms with van der Waals surface area (Å²) in [5.74, 6) is -0.225. The Morgan fingerprint density at radius 3 is 2.62 bits per heavy atom. The highest BCUT2D eigenvalue weighted by molar-refractivity contribution is 7.89. The number of rotatable bonds is 8. The number of aromatic nitrogens is 2. The number of anilines is 1. The van der Waals surface area contributed by atoms with Gasteiger partial charge in [0.15, 0.2) is 0 Å². The standard InChI is InChI=1S/C24H29N5O4S/c1-19-8-9-21(14-23(19)34(31,32)28-10-12-33-13-11-28)26-24(30)18-27(2)16-20-15-25-29(17-20)22-6-4-3-5-7-22/h3-9,14-15,17H,10-13,16,18H2,1-2H3,(H,26,30). The molecule has 1 saturated heterocycles. The Labute approximate surface area is 200 Å². The van der Waals surface area contributed by atoms with Crippen molar-refractivity contribution in [3.63, 3.8) is 0 Å². The minimum atomic E-state index is -3.65. The quantitative estimate of drug-likeness (QED) is 0.528. The minimum absolute atomic E-state index is 0.149. The zero-order valence-corrected chi connectivity index (χ0v) is 20.2. The maximum Gasteiger partial charge on any atom is 0.243 e. The van der Waals surface area contributed by atoms with E-state index in [1.807, 2.05) is 48.5 Å². The fourth-order valence-electron chi connectivity index (χ4n) is 3.86. The molecule has 1 fully saturated rings. The third kappa shape index (κ3) is 5.71. The van der Waals surface area contributed by atoms with Gasteiger partial charge in [0, 0.05) is 37.1 Å². The average molecular weight is 484 g/mol. The van der Waals surface area contributed by atoms with E-state index in [-0.39, 0.29) is 17.3 Å². The maximum absolute atomic E-state index is 13.1. The molecular formula is C24H29N5O4S. The molecule has 0 bridgehead atoms. The molecule has 2 heterocycles. The van der Waals surface area contributed by atoms with E-state index in [1.54, 1.807) is 29.9 Å². The van der Waals surface area contributed by atoms with Crippen molar-refractivity contribution in [1.29, 1.82) is 0 Å². The van der Waals surface area contributed by atoms with Crippen LogP contribution in [-0.4, -0.2) is 73.2 Å². The summed E-state index contributed by atoms with van der Waals surface area (Å²) in [5, 5.41) is 7.21. The van der Waals surface area contributed by atoms with Crippen LogP contribution in [0.1, 0.15) is 11.1 Å². The monoisotopic (exact) mass is 483 g/mol. The zero-order valence-electron chi connectivity index (χ0n) is 19.3. The highest BCUT2D eigenvalue weighted by Gasteiger charge is 2.28. The first kappa shape index (κ1) is 24.1. The summed E-state index contributed by atoms with van der Waals surface area (Å²) < 4.78 is 34.6. The Bertz CT molecular complexity index is 1240. The van der Waals surface area contributed by atoms with Crippen LogP contribution in [0.5, 0.6) is 0 Å². The lowest BCUT2D eigenvalue weighted by Gasteiger charge is -2.27. The van der Waals surface area contributed by atoms with Gasteiger partial charge in [-0.25, -0.2) is 13.1 Å². The highest BCUT2D eigenvalue weighted by Crippen LogP contribution is 2.24. The van der Waals surface area contributed by atoms with Gasteiger partial charge in [-0.3, -0.25) is 9.69 Å². The number of amides is 1. The molecule has 0 radical (unpaired) electrons. The highest BCUT2D eigenvalue weighted by atomic mass is 32.2. The van der Waals surface area contributed by atoms with E-state index < -0.39 is 10.0 Å². The number of sulfonamides is 1. The van der Waals surface area contributed by atoms with Gasteiger partial charge in [-0.15, -0.1) is 0 Å². The fraction of sp³-hybridized carbons (Fsp3) is 0.333.